The summed E-state index contributed by atoms with van der Waals surface area (Å²) in [6.45, 7) is 4.47. The number of carbonyl (C=O) groups excluding carboxylic acids is 1. The first-order valence-corrected chi connectivity index (χ1v) is 10.8. The molecule has 2 amide bonds. The van der Waals surface area contributed by atoms with Gasteiger partial charge in [0.05, 0.1) is 18.2 Å². The molecule has 2 atom stereocenters. The smallest absolute Gasteiger partial charge is 0.330 e. The van der Waals surface area contributed by atoms with Crippen molar-refractivity contribution in [3.63, 3.8) is 0 Å². The van der Waals surface area contributed by atoms with Crippen LogP contribution in [0.15, 0.2) is 72.8 Å². The van der Waals surface area contributed by atoms with Crippen LogP contribution in [0.3, 0.4) is 0 Å². The SMILES string of the molecule is COC[C@@]1(C)[C@@H](c2cccc(C)c2)N(c2ccc(Cl)cc2)C(=O)N1c1ccc(Cl)cc1. The minimum Gasteiger partial charge on any atom is -0.382 e. The summed E-state index contributed by atoms with van der Waals surface area (Å²) in [6.07, 6.45) is 0. The number of hydrogen-bond donors (Lipinski definition) is 0. The van der Waals surface area contributed by atoms with E-state index in [0.717, 1.165) is 22.5 Å². The Kier molecular flexibility index (Phi) is 5.98. The summed E-state index contributed by atoms with van der Waals surface area (Å²) >= 11 is 12.2. The summed E-state index contributed by atoms with van der Waals surface area (Å²) in [7, 11) is 1.66. The molecule has 1 saturated heterocycles. The lowest BCUT2D eigenvalue weighted by Crippen LogP contribution is -2.49. The number of nitrogens with zero attached hydrogens (tertiary/aromatic N) is 2. The highest BCUT2D eigenvalue weighted by Crippen LogP contribution is 2.48. The molecule has 0 saturated carbocycles. The molecule has 1 aliphatic rings. The number of anilines is 2. The van der Waals surface area contributed by atoms with Gasteiger partial charge in [-0.25, -0.2) is 4.79 Å². The Morgan fingerprint density at radius 2 is 1.52 bits per heavy atom. The van der Waals surface area contributed by atoms with Crippen LogP contribution in [0.1, 0.15) is 24.1 Å². The highest BCUT2D eigenvalue weighted by molar-refractivity contribution is 6.31. The predicted octanol–water partition coefficient (Wildman–Crippen LogP) is 6.89. The fourth-order valence-corrected chi connectivity index (χ4v) is 4.73. The predicted molar refractivity (Wildman–Crippen MR) is 127 cm³/mol. The van der Waals surface area contributed by atoms with Crippen molar-refractivity contribution in [2.75, 3.05) is 23.5 Å². The maximum absolute atomic E-state index is 14.0. The average Bonchev–Trinajstić information content (AvgIpc) is 2.96. The van der Waals surface area contributed by atoms with Gasteiger partial charge in [-0.3, -0.25) is 9.80 Å². The average molecular weight is 455 g/mol. The molecular weight excluding hydrogens is 431 g/mol. The van der Waals surface area contributed by atoms with E-state index in [1.54, 1.807) is 31.4 Å². The molecule has 0 bridgehead atoms. The summed E-state index contributed by atoms with van der Waals surface area (Å²) in [5, 5.41) is 1.24. The maximum atomic E-state index is 14.0. The van der Waals surface area contributed by atoms with Gasteiger partial charge in [0, 0.05) is 28.5 Å². The fourth-order valence-electron chi connectivity index (χ4n) is 4.48. The molecule has 0 aliphatic carbocycles. The number of amides is 2. The highest BCUT2D eigenvalue weighted by atomic mass is 35.5. The number of carbonyl (C=O) groups is 1. The Morgan fingerprint density at radius 1 is 0.935 bits per heavy atom. The number of urea groups is 1. The topological polar surface area (TPSA) is 32.8 Å². The van der Waals surface area contributed by atoms with Crippen LogP contribution in [-0.4, -0.2) is 25.3 Å². The molecule has 1 aliphatic heterocycles. The van der Waals surface area contributed by atoms with Gasteiger partial charge in [-0.05, 0) is 67.9 Å². The largest absolute Gasteiger partial charge is 0.382 e. The Bertz CT molecular complexity index is 1090. The van der Waals surface area contributed by atoms with E-state index >= 15 is 0 Å². The van der Waals surface area contributed by atoms with E-state index in [9.17, 15) is 4.79 Å². The summed E-state index contributed by atoms with van der Waals surface area (Å²) in [6, 6.07) is 22.5. The van der Waals surface area contributed by atoms with Gasteiger partial charge in [0.25, 0.3) is 0 Å². The van der Waals surface area contributed by atoms with E-state index < -0.39 is 5.54 Å². The van der Waals surface area contributed by atoms with Gasteiger partial charge in [-0.2, -0.15) is 0 Å². The monoisotopic (exact) mass is 454 g/mol. The molecule has 4 rings (SSSR count). The lowest BCUT2D eigenvalue weighted by atomic mass is 9.86. The number of aryl methyl sites for hydroxylation is 1. The third kappa shape index (κ3) is 3.91. The van der Waals surface area contributed by atoms with Gasteiger partial charge < -0.3 is 4.74 Å². The van der Waals surface area contributed by atoms with Gasteiger partial charge in [-0.15, -0.1) is 0 Å². The standard InChI is InChI=1S/C25H24Cl2N2O2/c1-17-5-4-6-18(15-17)23-25(2,16-31-3)29(22-13-9-20(27)10-14-22)24(30)28(23)21-11-7-19(26)8-12-21/h4-15,23H,16H2,1-3H3/t23-,25+/m1/s1. The molecule has 160 valence electrons. The number of rotatable bonds is 5. The van der Waals surface area contributed by atoms with Gasteiger partial charge in [0.2, 0.25) is 0 Å². The molecule has 4 nitrogen and oxygen atoms in total. The normalized spacial score (nSPS) is 21.1. The first-order chi connectivity index (χ1) is 14.8. The van der Waals surface area contributed by atoms with E-state index in [0.29, 0.717) is 16.7 Å². The summed E-state index contributed by atoms with van der Waals surface area (Å²) in [4.78, 5) is 17.6. The minimum atomic E-state index is -0.674. The zero-order valence-corrected chi connectivity index (χ0v) is 19.2. The summed E-state index contributed by atoms with van der Waals surface area (Å²) in [5.74, 6) is 0. The number of methoxy groups -OCH3 is 1. The van der Waals surface area contributed by atoms with Crippen LogP contribution >= 0.6 is 23.2 Å². The molecule has 1 heterocycles. The van der Waals surface area contributed by atoms with Crippen molar-refractivity contribution in [2.24, 2.45) is 0 Å². The summed E-state index contributed by atoms with van der Waals surface area (Å²) < 4.78 is 5.67. The van der Waals surface area contributed by atoms with Crippen molar-refractivity contribution in [1.82, 2.24) is 0 Å². The molecule has 0 radical (unpaired) electrons. The summed E-state index contributed by atoms with van der Waals surface area (Å²) in [5.41, 5.74) is 3.04. The van der Waals surface area contributed by atoms with Crippen molar-refractivity contribution >= 4 is 40.6 Å². The van der Waals surface area contributed by atoms with Crippen LogP contribution in [0.4, 0.5) is 16.2 Å². The third-order valence-electron chi connectivity index (χ3n) is 5.74. The van der Waals surface area contributed by atoms with Crippen molar-refractivity contribution in [3.8, 4) is 0 Å². The second kappa shape index (κ2) is 8.54. The Morgan fingerprint density at radius 3 is 2.06 bits per heavy atom. The molecule has 3 aromatic rings. The first kappa shape index (κ1) is 21.7. The number of benzene rings is 3. The molecular formula is C25H24Cl2N2O2. The lowest BCUT2D eigenvalue weighted by molar-refractivity contribution is 0.134. The minimum absolute atomic E-state index is 0.129. The van der Waals surface area contributed by atoms with E-state index in [1.165, 1.54) is 0 Å². The fraction of sp³-hybridized carbons (Fsp3) is 0.240. The van der Waals surface area contributed by atoms with Crippen LogP contribution in [-0.2, 0) is 4.74 Å². The van der Waals surface area contributed by atoms with E-state index in [1.807, 2.05) is 40.1 Å². The van der Waals surface area contributed by atoms with Crippen molar-refractivity contribution in [2.45, 2.75) is 25.4 Å². The number of hydrogen-bond acceptors (Lipinski definition) is 2. The third-order valence-corrected chi connectivity index (χ3v) is 6.24. The Balaban J connectivity index is 1.94. The van der Waals surface area contributed by atoms with Gasteiger partial charge in [-0.1, -0.05) is 53.0 Å². The molecule has 6 heteroatoms. The molecule has 0 N–H and O–H groups in total. The zero-order valence-electron chi connectivity index (χ0n) is 17.7. The van der Waals surface area contributed by atoms with E-state index in [4.69, 9.17) is 27.9 Å². The second-order valence-electron chi connectivity index (χ2n) is 8.05. The number of ether oxygens (including phenoxy) is 1. The number of halogens is 2. The van der Waals surface area contributed by atoms with Gasteiger partial charge in [0.15, 0.2) is 0 Å². The Labute approximate surface area is 192 Å². The maximum Gasteiger partial charge on any atom is 0.330 e. The second-order valence-corrected chi connectivity index (χ2v) is 8.92. The molecule has 0 aromatic heterocycles. The molecule has 31 heavy (non-hydrogen) atoms. The molecule has 3 aromatic carbocycles. The molecule has 0 spiro atoms. The van der Waals surface area contributed by atoms with Gasteiger partial charge >= 0.3 is 6.03 Å². The molecule has 1 fully saturated rings. The van der Waals surface area contributed by atoms with E-state index in [-0.39, 0.29) is 12.1 Å². The van der Waals surface area contributed by atoms with Crippen molar-refractivity contribution < 1.29 is 9.53 Å². The van der Waals surface area contributed by atoms with Crippen molar-refractivity contribution in [3.05, 3.63) is 94.0 Å². The van der Waals surface area contributed by atoms with E-state index in [2.05, 4.69) is 32.0 Å². The first-order valence-electron chi connectivity index (χ1n) is 10.1. The molecule has 0 unspecified atom stereocenters. The zero-order chi connectivity index (χ0) is 22.2. The van der Waals surface area contributed by atoms with Crippen LogP contribution in [0.25, 0.3) is 0 Å². The van der Waals surface area contributed by atoms with Gasteiger partial charge in [0.1, 0.15) is 0 Å². The van der Waals surface area contributed by atoms with Crippen molar-refractivity contribution in [1.29, 1.82) is 0 Å². The highest BCUT2D eigenvalue weighted by Gasteiger charge is 2.56. The Hall–Kier alpha value is -2.53. The lowest BCUT2D eigenvalue weighted by Gasteiger charge is -2.38. The van der Waals surface area contributed by atoms with Crippen LogP contribution in [0.5, 0.6) is 0 Å². The van der Waals surface area contributed by atoms with Crippen LogP contribution < -0.4 is 9.80 Å². The van der Waals surface area contributed by atoms with Crippen LogP contribution in [0, 0.1) is 6.92 Å². The van der Waals surface area contributed by atoms with Crippen LogP contribution in [0.2, 0.25) is 10.0 Å². The quantitative estimate of drug-likeness (QED) is 0.420.